The summed E-state index contributed by atoms with van der Waals surface area (Å²) in [6.07, 6.45) is -0.635. The van der Waals surface area contributed by atoms with Gasteiger partial charge >= 0.3 is 5.69 Å². The third kappa shape index (κ3) is 3.27. The van der Waals surface area contributed by atoms with Crippen molar-refractivity contribution in [3.05, 3.63) is 21.5 Å². The van der Waals surface area contributed by atoms with E-state index < -0.39 is 11.0 Å². The molecular weight excluding hydrogens is 240 g/mol. The second kappa shape index (κ2) is 5.58. The molecule has 0 spiro atoms. The number of hydrogen-bond donors (Lipinski definition) is 2. The van der Waals surface area contributed by atoms with Gasteiger partial charge in [-0.15, -0.1) is 0 Å². The van der Waals surface area contributed by atoms with Crippen LogP contribution in [-0.2, 0) is 11.3 Å². The van der Waals surface area contributed by atoms with Gasteiger partial charge in [0.25, 0.3) is 0 Å². The van der Waals surface area contributed by atoms with E-state index in [0.29, 0.717) is 5.69 Å². The summed E-state index contributed by atoms with van der Waals surface area (Å²) in [4.78, 5) is 21.8. The normalized spacial score (nSPS) is 12.2. The van der Waals surface area contributed by atoms with Crippen molar-refractivity contribution in [3.63, 3.8) is 0 Å². The Bertz CT molecular complexity index is 467. The fraction of sp³-hybridized carbons (Fsp3) is 0.600. The van der Waals surface area contributed by atoms with Crippen LogP contribution in [0.5, 0.6) is 0 Å². The molecule has 1 aromatic heterocycles. The first kappa shape index (κ1) is 14.1. The lowest BCUT2D eigenvalue weighted by Gasteiger charge is -2.07. The molecular formula is C10H16N4O4. The molecule has 18 heavy (non-hydrogen) atoms. The summed E-state index contributed by atoms with van der Waals surface area (Å²) >= 11 is 0. The van der Waals surface area contributed by atoms with Crippen LogP contribution in [0.25, 0.3) is 0 Å². The molecule has 0 aliphatic rings. The summed E-state index contributed by atoms with van der Waals surface area (Å²) in [6, 6.07) is 0. The van der Waals surface area contributed by atoms with E-state index in [2.05, 4.69) is 10.4 Å². The summed E-state index contributed by atoms with van der Waals surface area (Å²) in [5.74, 6) is -0.351. The van der Waals surface area contributed by atoms with Gasteiger partial charge < -0.3 is 10.4 Å². The third-order valence-electron chi connectivity index (χ3n) is 2.41. The molecule has 100 valence electrons. The fourth-order valence-electron chi connectivity index (χ4n) is 1.56. The van der Waals surface area contributed by atoms with Gasteiger partial charge in [-0.25, -0.2) is 0 Å². The highest BCUT2D eigenvalue weighted by Gasteiger charge is 2.22. The second-order valence-electron chi connectivity index (χ2n) is 4.09. The zero-order valence-electron chi connectivity index (χ0n) is 10.5. The highest BCUT2D eigenvalue weighted by molar-refractivity contribution is 5.75. The number of nitrogens with one attached hydrogen (secondary N) is 1. The lowest BCUT2D eigenvalue weighted by Crippen LogP contribution is -2.33. The number of aliphatic hydroxyl groups is 1. The number of carbonyl (C=O) groups is 1. The van der Waals surface area contributed by atoms with Gasteiger partial charge in [-0.05, 0) is 20.8 Å². The molecule has 0 aliphatic heterocycles. The van der Waals surface area contributed by atoms with Crippen LogP contribution in [0, 0.1) is 24.0 Å². The Balaban J connectivity index is 2.77. The van der Waals surface area contributed by atoms with E-state index in [-0.39, 0.29) is 30.4 Å². The molecule has 1 unspecified atom stereocenters. The minimum atomic E-state index is -0.635. The monoisotopic (exact) mass is 256 g/mol. The van der Waals surface area contributed by atoms with Crippen LogP contribution in [-0.4, -0.2) is 38.4 Å². The molecule has 0 aromatic carbocycles. The molecule has 1 atom stereocenters. The smallest absolute Gasteiger partial charge is 0.312 e. The Labute approximate surface area is 104 Å². The summed E-state index contributed by atoms with van der Waals surface area (Å²) in [6.45, 7) is 4.65. The minimum absolute atomic E-state index is 0.0710. The Morgan fingerprint density at radius 3 is 2.67 bits per heavy atom. The maximum Gasteiger partial charge on any atom is 0.312 e. The van der Waals surface area contributed by atoms with Crippen LogP contribution in [0.3, 0.4) is 0 Å². The van der Waals surface area contributed by atoms with Crippen LogP contribution in [0.2, 0.25) is 0 Å². The van der Waals surface area contributed by atoms with Gasteiger partial charge in [0.2, 0.25) is 5.91 Å². The number of rotatable bonds is 5. The zero-order chi connectivity index (χ0) is 13.9. The third-order valence-corrected chi connectivity index (χ3v) is 2.41. The van der Waals surface area contributed by atoms with Crippen LogP contribution < -0.4 is 5.32 Å². The molecule has 0 bridgehead atoms. The van der Waals surface area contributed by atoms with Crippen molar-refractivity contribution in [2.75, 3.05) is 6.54 Å². The largest absolute Gasteiger partial charge is 0.392 e. The van der Waals surface area contributed by atoms with Crippen molar-refractivity contribution in [1.29, 1.82) is 0 Å². The van der Waals surface area contributed by atoms with E-state index >= 15 is 0 Å². The van der Waals surface area contributed by atoms with Crippen molar-refractivity contribution in [2.24, 2.45) is 0 Å². The van der Waals surface area contributed by atoms with Crippen molar-refractivity contribution >= 4 is 11.6 Å². The highest BCUT2D eigenvalue weighted by Crippen LogP contribution is 2.21. The zero-order valence-corrected chi connectivity index (χ0v) is 10.5. The van der Waals surface area contributed by atoms with Crippen LogP contribution in [0.4, 0.5) is 5.69 Å². The molecule has 1 aromatic rings. The first-order valence-electron chi connectivity index (χ1n) is 5.46. The van der Waals surface area contributed by atoms with E-state index in [9.17, 15) is 14.9 Å². The number of nitro groups is 1. The van der Waals surface area contributed by atoms with Gasteiger partial charge in [0.15, 0.2) is 0 Å². The Morgan fingerprint density at radius 1 is 1.61 bits per heavy atom. The molecule has 8 heteroatoms. The average Bonchev–Trinajstić information content (AvgIpc) is 2.51. The van der Waals surface area contributed by atoms with Crippen LogP contribution >= 0.6 is 0 Å². The summed E-state index contributed by atoms with van der Waals surface area (Å²) < 4.78 is 1.28. The first-order chi connectivity index (χ1) is 8.32. The van der Waals surface area contributed by atoms with E-state index in [4.69, 9.17) is 5.11 Å². The van der Waals surface area contributed by atoms with E-state index in [1.54, 1.807) is 13.8 Å². The van der Waals surface area contributed by atoms with Crippen LogP contribution in [0.15, 0.2) is 0 Å². The summed E-state index contributed by atoms with van der Waals surface area (Å²) in [5, 5.41) is 26.2. The maximum atomic E-state index is 11.5. The van der Waals surface area contributed by atoms with E-state index in [1.165, 1.54) is 11.6 Å². The molecule has 1 heterocycles. The van der Waals surface area contributed by atoms with Gasteiger partial charge in [-0.1, -0.05) is 0 Å². The lowest BCUT2D eigenvalue weighted by molar-refractivity contribution is -0.386. The number of hydrogen-bond acceptors (Lipinski definition) is 5. The van der Waals surface area contributed by atoms with Gasteiger partial charge in [0.05, 0.1) is 11.0 Å². The molecule has 0 fully saturated rings. The van der Waals surface area contributed by atoms with Crippen molar-refractivity contribution in [1.82, 2.24) is 15.1 Å². The molecule has 8 nitrogen and oxygen atoms in total. The lowest BCUT2D eigenvalue weighted by atomic mass is 10.3. The van der Waals surface area contributed by atoms with Gasteiger partial charge in [-0.3, -0.25) is 19.6 Å². The quantitative estimate of drug-likeness (QED) is 0.564. The molecule has 0 radical (unpaired) electrons. The number of aliphatic hydroxyl groups excluding tert-OH is 1. The average molecular weight is 256 g/mol. The Kier molecular flexibility index (Phi) is 4.38. The Morgan fingerprint density at radius 2 is 2.22 bits per heavy atom. The number of nitrogens with zero attached hydrogens (tertiary/aromatic N) is 3. The number of aromatic nitrogens is 2. The Hall–Kier alpha value is -1.96. The topological polar surface area (TPSA) is 110 Å². The van der Waals surface area contributed by atoms with Crippen molar-refractivity contribution in [2.45, 2.75) is 33.4 Å². The van der Waals surface area contributed by atoms with Crippen molar-refractivity contribution in [3.8, 4) is 0 Å². The highest BCUT2D eigenvalue weighted by atomic mass is 16.6. The maximum absolute atomic E-state index is 11.5. The van der Waals surface area contributed by atoms with Crippen molar-refractivity contribution < 1.29 is 14.8 Å². The minimum Gasteiger partial charge on any atom is -0.392 e. The van der Waals surface area contributed by atoms with Gasteiger partial charge in [0.1, 0.15) is 17.9 Å². The predicted octanol–water partition coefficient (Wildman–Crippen LogP) is -0.0949. The second-order valence-corrected chi connectivity index (χ2v) is 4.09. The van der Waals surface area contributed by atoms with Gasteiger partial charge in [0, 0.05) is 6.54 Å². The van der Waals surface area contributed by atoms with Crippen LogP contribution in [0.1, 0.15) is 18.3 Å². The number of aryl methyl sites for hydroxylation is 1. The molecule has 1 amide bonds. The molecule has 0 aliphatic carbocycles. The first-order valence-corrected chi connectivity index (χ1v) is 5.46. The standard InChI is InChI=1S/C10H16N4O4/c1-6(15)4-11-9(16)5-13-8(3)10(14(17)18)7(2)12-13/h6,15H,4-5H2,1-3H3,(H,11,16). The van der Waals surface area contributed by atoms with Gasteiger partial charge in [-0.2, -0.15) is 5.10 Å². The SMILES string of the molecule is Cc1nn(CC(=O)NCC(C)O)c(C)c1[N+](=O)[O-]. The molecule has 2 N–H and O–H groups in total. The number of carbonyl (C=O) groups excluding carboxylic acids is 1. The van der Waals surface area contributed by atoms with E-state index in [0.717, 1.165) is 0 Å². The molecule has 1 rings (SSSR count). The summed E-state index contributed by atoms with van der Waals surface area (Å²) in [5.41, 5.74) is 0.545. The summed E-state index contributed by atoms with van der Waals surface area (Å²) in [7, 11) is 0. The molecule has 0 saturated heterocycles. The fourth-order valence-corrected chi connectivity index (χ4v) is 1.56. The number of amides is 1. The predicted molar refractivity (Wildman–Crippen MR) is 63.0 cm³/mol. The molecule has 0 saturated carbocycles. The van der Waals surface area contributed by atoms with E-state index in [1.807, 2.05) is 0 Å².